The molecule has 0 bridgehead atoms. The molecule has 1 aliphatic heterocycles. The number of benzene rings is 1. The zero-order valence-electron chi connectivity index (χ0n) is 18.2. The molecule has 1 aliphatic rings. The van der Waals surface area contributed by atoms with E-state index < -0.39 is 5.82 Å². The largest absolute Gasteiger partial charge is 0.494 e. The van der Waals surface area contributed by atoms with Gasteiger partial charge in [-0.25, -0.2) is 9.37 Å². The number of ether oxygens (including phenoxy) is 1. The fourth-order valence-corrected chi connectivity index (χ4v) is 4.46. The van der Waals surface area contributed by atoms with Crippen LogP contribution in [-0.4, -0.2) is 59.7 Å². The van der Waals surface area contributed by atoms with E-state index in [9.17, 15) is 9.18 Å². The highest BCUT2D eigenvalue weighted by molar-refractivity contribution is 5.79. The van der Waals surface area contributed by atoms with Crippen molar-refractivity contribution in [1.82, 2.24) is 19.4 Å². The van der Waals surface area contributed by atoms with E-state index in [0.717, 1.165) is 44.8 Å². The first-order chi connectivity index (χ1) is 13.9. The summed E-state index contributed by atoms with van der Waals surface area (Å²) in [6.07, 6.45) is 1.90. The van der Waals surface area contributed by atoms with E-state index in [2.05, 4.69) is 30.7 Å². The van der Waals surface area contributed by atoms with Crippen molar-refractivity contribution >= 4 is 10.9 Å². The van der Waals surface area contributed by atoms with Crippen LogP contribution in [0.3, 0.4) is 0 Å². The van der Waals surface area contributed by atoms with Gasteiger partial charge in [-0.1, -0.05) is 20.3 Å². The van der Waals surface area contributed by atoms with Crippen molar-refractivity contribution in [3.63, 3.8) is 0 Å². The molecule has 1 saturated heterocycles. The summed E-state index contributed by atoms with van der Waals surface area (Å²) in [5.74, 6) is 0.851. The molecule has 0 aliphatic carbocycles. The first kappa shape index (κ1) is 21.7. The molecule has 0 saturated carbocycles. The van der Waals surface area contributed by atoms with Crippen molar-refractivity contribution in [3.05, 3.63) is 34.1 Å². The first-order valence-corrected chi connectivity index (χ1v) is 10.6. The predicted molar refractivity (Wildman–Crippen MR) is 114 cm³/mol. The van der Waals surface area contributed by atoms with Gasteiger partial charge in [-0.05, 0) is 32.4 Å². The summed E-state index contributed by atoms with van der Waals surface area (Å²) in [7, 11) is 3.56. The Balaban J connectivity index is 2.14. The van der Waals surface area contributed by atoms with Gasteiger partial charge in [0.2, 0.25) is 0 Å². The standard InChI is InChI=1S/C22H33FN4O2/c1-6-8-19(26-10-9-25(4)13-15(3)14-26)21-24-18-12-17(23)20(29-5)11-16(18)22(28)27(21)7-2/h11-12,15,19H,6-10,13-14H2,1-5H3/t15?,19-/m1/s1. The van der Waals surface area contributed by atoms with Gasteiger partial charge in [-0.2, -0.15) is 0 Å². The van der Waals surface area contributed by atoms with E-state index in [4.69, 9.17) is 9.72 Å². The molecular formula is C22H33FN4O2. The molecule has 6 nitrogen and oxygen atoms in total. The van der Waals surface area contributed by atoms with Crippen LogP contribution in [0.5, 0.6) is 5.75 Å². The second-order valence-corrected chi connectivity index (χ2v) is 8.19. The quantitative estimate of drug-likeness (QED) is 0.740. The van der Waals surface area contributed by atoms with E-state index in [0.29, 0.717) is 23.4 Å². The van der Waals surface area contributed by atoms with Crippen molar-refractivity contribution in [1.29, 1.82) is 0 Å². The van der Waals surface area contributed by atoms with Crippen LogP contribution in [0.25, 0.3) is 10.9 Å². The van der Waals surface area contributed by atoms with E-state index in [1.54, 1.807) is 4.57 Å². The van der Waals surface area contributed by atoms with Crippen molar-refractivity contribution in [2.45, 2.75) is 46.2 Å². The molecule has 0 radical (unpaired) electrons. The van der Waals surface area contributed by atoms with Gasteiger partial charge >= 0.3 is 0 Å². The minimum atomic E-state index is -0.496. The second kappa shape index (κ2) is 9.22. The molecule has 0 amide bonds. The van der Waals surface area contributed by atoms with E-state index >= 15 is 0 Å². The molecule has 1 unspecified atom stereocenters. The maximum atomic E-state index is 14.3. The minimum absolute atomic E-state index is 0.0381. The summed E-state index contributed by atoms with van der Waals surface area (Å²) >= 11 is 0. The molecule has 2 aromatic rings. The number of hydrogen-bond donors (Lipinski definition) is 0. The molecular weight excluding hydrogens is 371 g/mol. The lowest BCUT2D eigenvalue weighted by Crippen LogP contribution is -2.38. The number of fused-ring (bicyclic) bond motifs is 1. The molecule has 2 heterocycles. The molecule has 0 spiro atoms. The van der Waals surface area contributed by atoms with Gasteiger partial charge in [0.1, 0.15) is 5.82 Å². The van der Waals surface area contributed by atoms with E-state index in [1.165, 1.54) is 19.2 Å². The third-order valence-corrected chi connectivity index (χ3v) is 5.81. The number of likely N-dealkylation sites (N-methyl/N-ethyl adjacent to an activating group) is 1. The van der Waals surface area contributed by atoms with Crippen LogP contribution >= 0.6 is 0 Å². The fraction of sp³-hybridized carbons (Fsp3) is 0.636. The Morgan fingerprint density at radius 1 is 1.28 bits per heavy atom. The maximum Gasteiger partial charge on any atom is 0.261 e. The van der Waals surface area contributed by atoms with Crippen LogP contribution in [0.1, 0.15) is 45.5 Å². The molecule has 1 fully saturated rings. The number of aromatic nitrogens is 2. The van der Waals surface area contributed by atoms with Gasteiger partial charge in [-0.3, -0.25) is 14.3 Å². The Labute approximate surface area is 172 Å². The molecule has 0 N–H and O–H groups in total. The lowest BCUT2D eigenvalue weighted by atomic mass is 10.1. The summed E-state index contributed by atoms with van der Waals surface area (Å²) in [5.41, 5.74) is 0.265. The molecule has 3 rings (SSSR count). The average molecular weight is 405 g/mol. The third kappa shape index (κ3) is 4.46. The predicted octanol–water partition coefficient (Wildman–Crippen LogP) is 3.29. The highest BCUT2D eigenvalue weighted by atomic mass is 19.1. The van der Waals surface area contributed by atoms with Gasteiger partial charge in [0.05, 0.1) is 24.1 Å². The van der Waals surface area contributed by atoms with Gasteiger partial charge in [-0.15, -0.1) is 0 Å². The van der Waals surface area contributed by atoms with Crippen LogP contribution in [-0.2, 0) is 6.54 Å². The normalized spacial score (nSPS) is 20.0. The Hall–Kier alpha value is -1.99. The fourth-order valence-electron chi connectivity index (χ4n) is 4.46. The highest BCUT2D eigenvalue weighted by Gasteiger charge is 2.29. The smallest absolute Gasteiger partial charge is 0.261 e. The molecule has 7 heteroatoms. The number of rotatable bonds is 6. The van der Waals surface area contributed by atoms with E-state index in [-0.39, 0.29) is 17.4 Å². The SMILES string of the molecule is CCC[C@H](c1nc2cc(F)c(OC)cc2c(=O)n1CC)N1CCN(C)CC(C)C1. The van der Waals surface area contributed by atoms with Crippen molar-refractivity contribution in [2.75, 3.05) is 40.3 Å². The zero-order valence-corrected chi connectivity index (χ0v) is 18.2. The zero-order chi connectivity index (χ0) is 21.1. The summed E-state index contributed by atoms with van der Waals surface area (Å²) in [4.78, 5) is 22.9. The minimum Gasteiger partial charge on any atom is -0.494 e. The molecule has 2 atom stereocenters. The van der Waals surface area contributed by atoms with Gasteiger partial charge in [0.15, 0.2) is 11.6 Å². The van der Waals surface area contributed by atoms with E-state index in [1.807, 2.05) is 6.92 Å². The molecule has 1 aromatic heterocycles. The van der Waals surface area contributed by atoms with Crippen molar-refractivity contribution in [2.24, 2.45) is 5.92 Å². The van der Waals surface area contributed by atoms with Crippen LogP contribution in [0.15, 0.2) is 16.9 Å². The summed E-state index contributed by atoms with van der Waals surface area (Å²) in [5, 5.41) is 0.396. The van der Waals surface area contributed by atoms with Crippen LogP contribution in [0.2, 0.25) is 0 Å². The van der Waals surface area contributed by atoms with Gasteiger partial charge in [0, 0.05) is 38.8 Å². The number of methoxy groups -OCH3 is 1. The van der Waals surface area contributed by atoms with Crippen molar-refractivity contribution in [3.8, 4) is 5.75 Å². The molecule has 1 aromatic carbocycles. The van der Waals surface area contributed by atoms with Crippen molar-refractivity contribution < 1.29 is 9.13 Å². The molecule has 160 valence electrons. The first-order valence-electron chi connectivity index (χ1n) is 10.6. The Morgan fingerprint density at radius 3 is 2.69 bits per heavy atom. The Bertz CT molecular complexity index is 914. The summed E-state index contributed by atoms with van der Waals surface area (Å²) in [6.45, 7) is 10.8. The van der Waals surface area contributed by atoms with Gasteiger partial charge < -0.3 is 9.64 Å². The highest BCUT2D eigenvalue weighted by Crippen LogP contribution is 2.29. The number of halogens is 1. The Kier molecular flexibility index (Phi) is 6.90. The van der Waals surface area contributed by atoms with Gasteiger partial charge in [0.25, 0.3) is 5.56 Å². The summed E-state index contributed by atoms with van der Waals surface area (Å²) in [6, 6.07) is 2.82. The summed E-state index contributed by atoms with van der Waals surface area (Å²) < 4.78 is 21.1. The topological polar surface area (TPSA) is 50.6 Å². The number of hydrogen-bond acceptors (Lipinski definition) is 5. The second-order valence-electron chi connectivity index (χ2n) is 8.19. The average Bonchev–Trinajstić information content (AvgIpc) is 2.85. The molecule has 29 heavy (non-hydrogen) atoms. The van der Waals surface area contributed by atoms with Crippen LogP contribution in [0.4, 0.5) is 4.39 Å². The Morgan fingerprint density at radius 2 is 2.03 bits per heavy atom. The maximum absolute atomic E-state index is 14.3. The van der Waals surface area contributed by atoms with Crippen LogP contribution in [0, 0.1) is 11.7 Å². The third-order valence-electron chi connectivity index (χ3n) is 5.81. The van der Waals surface area contributed by atoms with Crippen LogP contribution < -0.4 is 10.3 Å². The monoisotopic (exact) mass is 404 g/mol. The lowest BCUT2D eigenvalue weighted by molar-refractivity contribution is 0.167. The number of nitrogens with zero attached hydrogens (tertiary/aromatic N) is 4. The lowest BCUT2D eigenvalue weighted by Gasteiger charge is -2.32.